The number of carbonyl (C=O) groups is 3. The fraction of sp³-hybridized carbons (Fsp3) is 0.118. The van der Waals surface area contributed by atoms with Crippen molar-refractivity contribution >= 4 is 51.6 Å². The number of nitrogens with zero attached hydrogens (tertiary/aromatic N) is 4. The Hall–Kier alpha value is -3.78. The Morgan fingerprint density at radius 1 is 1.35 bits per heavy atom. The molecule has 14 heteroatoms. The lowest BCUT2D eigenvalue weighted by Gasteiger charge is -2.07. The molecule has 12 nitrogen and oxygen atoms in total. The Balaban J connectivity index is 1.67. The lowest BCUT2D eigenvalue weighted by Crippen LogP contribution is -2.22. The van der Waals surface area contributed by atoms with Gasteiger partial charge in [0, 0.05) is 13.1 Å². The van der Waals surface area contributed by atoms with Gasteiger partial charge in [0.05, 0.1) is 20.9 Å². The van der Waals surface area contributed by atoms with Crippen LogP contribution >= 0.6 is 23.1 Å². The SMILES string of the molecule is Cn1cnnc1Sc1ccc(C(=O)OCC(=O)Nc2sccc2C(N)=O)cc1[N+](=O)[O-]. The quantitative estimate of drug-likeness (QED) is 0.288. The van der Waals surface area contributed by atoms with Crippen molar-refractivity contribution in [3.8, 4) is 0 Å². The first-order valence-electron chi connectivity index (χ1n) is 8.41. The highest BCUT2D eigenvalue weighted by Crippen LogP contribution is 2.34. The number of esters is 1. The first kappa shape index (κ1) is 21.9. The molecule has 3 rings (SSSR count). The number of aromatic nitrogens is 3. The van der Waals surface area contributed by atoms with Crippen molar-refractivity contribution < 1.29 is 24.0 Å². The lowest BCUT2D eigenvalue weighted by atomic mass is 10.2. The third-order valence-electron chi connectivity index (χ3n) is 3.78. The molecule has 3 aromatic rings. The van der Waals surface area contributed by atoms with E-state index >= 15 is 0 Å². The molecule has 0 saturated heterocycles. The number of nitro benzene ring substituents is 1. The highest BCUT2D eigenvalue weighted by molar-refractivity contribution is 7.99. The van der Waals surface area contributed by atoms with Gasteiger partial charge in [-0.3, -0.25) is 19.7 Å². The summed E-state index contributed by atoms with van der Waals surface area (Å²) >= 11 is 2.10. The van der Waals surface area contributed by atoms with Crippen LogP contribution in [0.2, 0.25) is 0 Å². The summed E-state index contributed by atoms with van der Waals surface area (Å²) in [4.78, 5) is 46.6. The molecule has 0 spiro atoms. The summed E-state index contributed by atoms with van der Waals surface area (Å²) in [6.07, 6.45) is 1.45. The molecular formula is C17H14N6O6S2. The molecule has 0 aliphatic heterocycles. The Labute approximate surface area is 182 Å². The van der Waals surface area contributed by atoms with Crippen molar-refractivity contribution in [1.82, 2.24) is 14.8 Å². The second-order valence-corrected chi connectivity index (χ2v) is 7.84. The molecule has 0 atom stereocenters. The zero-order valence-electron chi connectivity index (χ0n) is 15.8. The van der Waals surface area contributed by atoms with Crippen molar-refractivity contribution in [2.75, 3.05) is 11.9 Å². The number of nitrogens with two attached hydrogens (primary N) is 1. The molecule has 2 amide bonds. The number of aryl methyl sites for hydroxylation is 1. The maximum absolute atomic E-state index is 12.3. The Bertz CT molecular complexity index is 1170. The molecule has 0 bridgehead atoms. The molecule has 1 aromatic carbocycles. The van der Waals surface area contributed by atoms with E-state index in [1.54, 1.807) is 17.0 Å². The number of hydrogen-bond acceptors (Lipinski definition) is 10. The van der Waals surface area contributed by atoms with Crippen LogP contribution in [-0.4, -0.2) is 44.1 Å². The molecule has 0 aliphatic carbocycles. The zero-order valence-corrected chi connectivity index (χ0v) is 17.4. The largest absolute Gasteiger partial charge is 0.452 e. The first-order valence-corrected chi connectivity index (χ1v) is 10.1. The summed E-state index contributed by atoms with van der Waals surface area (Å²) in [7, 11) is 1.69. The third kappa shape index (κ3) is 5.23. The Kier molecular flexibility index (Phi) is 6.61. The summed E-state index contributed by atoms with van der Waals surface area (Å²) < 4.78 is 6.51. The van der Waals surface area contributed by atoms with Crippen molar-refractivity contribution in [2.24, 2.45) is 12.8 Å². The fourth-order valence-corrected chi connectivity index (χ4v) is 3.97. The van der Waals surface area contributed by atoms with E-state index in [2.05, 4.69) is 15.5 Å². The van der Waals surface area contributed by atoms with Gasteiger partial charge in [-0.25, -0.2) is 4.79 Å². The van der Waals surface area contributed by atoms with E-state index in [9.17, 15) is 24.5 Å². The highest BCUT2D eigenvalue weighted by Gasteiger charge is 2.21. The van der Waals surface area contributed by atoms with Gasteiger partial charge in [0.25, 0.3) is 17.5 Å². The zero-order chi connectivity index (χ0) is 22.5. The monoisotopic (exact) mass is 462 g/mol. The molecule has 0 fully saturated rings. The Morgan fingerprint density at radius 3 is 2.77 bits per heavy atom. The van der Waals surface area contributed by atoms with Crippen LogP contribution in [-0.2, 0) is 16.6 Å². The smallest absolute Gasteiger partial charge is 0.338 e. The maximum Gasteiger partial charge on any atom is 0.338 e. The van der Waals surface area contributed by atoms with E-state index in [4.69, 9.17) is 10.5 Å². The molecule has 0 radical (unpaired) electrons. The van der Waals surface area contributed by atoms with Crippen LogP contribution in [0.3, 0.4) is 0 Å². The molecule has 31 heavy (non-hydrogen) atoms. The molecule has 0 aliphatic rings. The van der Waals surface area contributed by atoms with Gasteiger partial charge in [-0.15, -0.1) is 21.5 Å². The number of benzene rings is 1. The predicted octanol–water partition coefficient (Wildman–Crippen LogP) is 1.83. The number of carbonyl (C=O) groups excluding carboxylic acids is 3. The van der Waals surface area contributed by atoms with E-state index in [1.807, 2.05) is 0 Å². The van der Waals surface area contributed by atoms with Gasteiger partial charge >= 0.3 is 5.97 Å². The number of rotatable bonds is 8. The van der Waals surface area contributed by atoms with Gasteiger partial charge in [-0.05, 0) is 35.3 Å². The van der Waals surface area contributed by atoms with E-state index in [-0.39, 0.29) is 26.7 Å². The molecule has 3 N–H and O–H groups in total. The Morgan fingerprint density at radius 2 is 2.13 bits per heavy atom. The minimum Gasteiger partial charge on any atom is -0.452 e. The van der Waals surface area contributed by atoms with Crippen LogP contribution in [0.25, 0.3) is 0 Å². The first-order chi connectivity index (χ1) is 14.8. The van der Waals surface area contributed by atoms with Crippen LogP contribution in [0, 0.1) is 10.1 Å². The minimum atomic E-state index is -0.922. The standard InChI is InChI=1S/C17H14N6O6S2/c1-22-8-19-21-17(22)31-12-3-2-9(6-11(12)23(27)28)16(26)29-7-13(24)20-15-10(14(18)25)4-5-30-15/h2-6,8H,7H2,1H3,(H2,18,25)(H,20,24). The molecule has 2 heterocycles. The van der Waals surface area contributed by atoms with Crippen molar-refractivity contribution in [2.45, 2.75) is 10.1 Å². The van der Waals surface area contributed by atoms with Crippen LogP contribution in [0.5, 0.6) is 0 Å². The summed E-state index contributed by atoms with van der Waals surface area (Å²) in [5, 5.41) is 23.7. The van der Waals surface area contributed by atoms with Crippen LogP contribution in [0.4, 0.5) is 10.7 Å². The number of hydrogen-bond donors (Lipinski definition) is 2. The molecule has 160 valence electrons. The summed E-state index contributed by atoms with van der Waals surface area (Å²) in [6, 6.07) is 5.24. The fourth-order valence-electron chi connectivity index (χ4n) is 2.31. The molecule has 0 saturated carbocycles. The average molecular weight is 462 g/mol. The number of nitro groups is 1. The van der Waals surface area contributed by atoms with Gasteiger partial charge in [0.15, 0.2) is 11.8 Å². The summed E-state index contributed by atoms with van der Waals surface area (Å²) in [6.45, 7) is -0.655. The number of primary amides is 1. The van der Waals surface area contributed by atoms with E-state index in [0.717, 1.165) is 29.2 Å². The molecular weight excluding hydrogens is 448 g/mol. The molecule has 0 unspecified atom stereocenters. The molecule has 2 aromatic heterocycles. The maximum atomic E-state index is 12.3. The van der Waals surface area contributed by atoms with Crippen molar-refractivity contribution in [3.63, 3.8) is 0 Å². The van der Waals surface area contributed by atoms with E-state index in [0.29, 0.717) is 5.16 Å². The lowest BCUT2D eigenvalue weighted by molar-refractivity contribution is -0.387. The third-order valence-corrected chi connectivity index (χ3v) is 5.73. The highest BCUT2D eigenvalue weighted by atomic mass is 32.2. The van der Waals surface area contributed by atoms with Gasteiger partial charge < -0.3 is 20.4 Å². The van der Waals surface area contributed by atoms with Crippen LogP contribution in [0.15, 0.2) is 46.0 Å². The number of thiophene rings is 1. The predicted molar refractivity (Wildman–Crippen MR) is 110 cm³/mol. The van der Waals surface area contributed by atoms with Crippen LogP contribution < -0.4 is 11.1 Å². The van der Waals surface area contributed by atoms with E-state index in [1.165, 1.54) is 24.5 Å². The van der Waals surface area contributed by atoms with E-state index < -0.39 is 29.3 Å². The summed E-state index contributed by atoms with van der Waals surface area (Å²) in [5.74, 6) is -2.32. The van der Waals surface area contributed by atoms with Gasteiger partial charge in [0.2, 0.25) is 0 Å². The average Bonchev–Trinajstić information content (AvgIpc) is 3.35. The van der Waals surface area contributed by atoms with Crippen molar-refractivity contribution in [1.29, 1.82) is 0 Å². The normalized spacial score (nSPS) is 10.5. The van der Waals surface area contributed by atoms with Crippen LogP contribution in [0.1, 0.15) is 20.7 Å². The topological polar surface area (TPSA) is 172 Å². The van der Waals surface area contributed by atoms with Gasteiger partial charge in [-0.2, -0.15) is 0 Å². The van der Waals surface area contributed by atoms with Gasteiger partial charge in [-0.1, -0.05) is 0 Å². The second-order valence-electron chi connectivity index (χ2n) is 5.92. The summed E-state index contributed by atoms with van der Waals surface area (Å²) in [5.41, 5.74) is 4.91. The number of ether oxygens (including phenoxy) is 1. The number of nitrogens with one attached hydrogen (secondary N) is 1. The number of anilines is 1. The van der Waals surface area contributed by atoms with Crippen molar-refractivity contribution in [3.05, 3.63) is 57.2 Å². The van der Waals surface area contributed by atoms with Gasteiger partial charge in [0.1, 0.15) is 11.3 Å². The minimum absolute atomic E-state index is 0.101. The second kappa shape index (κ2) is 9.36. The number of amides is 2.